The molecule has 0 aliphatic heterocycles. The maximum atomic E-state index is 9.25. The van der Waals surface area contributed by atoms with Crippen LogP contribution in [-0.2, 0) is 0 Å². The third kappa shape index (κ3) is 4.24. The van der Waals surface area contributed by atoms with Crippen LogP contribution in [0.2, 0.25) is 0 Å². The molecule has 45 heavy (non-hydrogen) atoms. The summed E-state index contributed by atoms with van der Waals surface area (Å²) in [6, 6.07) is 20.5. The van der Waals surface area contributed by atoms with E-state index >= 15 is 0 Å². The highest BCUT2D eigenvalue weighted by molar-refractivity contribution is 6.21. The lowest BCUT2D eigenvalue weighted by molar-refractivity contribution is 0.669. The molecule has 210 valence electrons. The average Bonchev–Trinajstić information content (AvgIpc) is 3.61. The number of benzene rings is 8. The van der Waals surface area contributed by atoms with E-state index in [1.807, 2.05) is 66.7 Å². The Bertz CT molecular complexity index is 3150. The zero-order valence-corrected chi connectivity index (χ0v) is 23.6. The van der Waals surface area contributed by atoms with Crippen molar-refractivity contribution in [2.45, 2.75) is 0 Å². The number of fused-ring (bicyclic) bond motifs is 5. The van der Waals surface area contributed by atoms with Crippen LogP contribution in [-0.4, -0.2) is 0 Å². The first-order valence-electron chi connectivity index (χ1n) is 20.9. The number of hydrogen-bond donors (Lipinski definition) is 0. The lowest BCUT2D eigenvalue weighted by Gasteiger charge is -2.18. The summed E-state index contributed by atoms with van der Waals surface area (Å²) in [5.41, 5.74) is 4.58. The molecule has 0 radical (unpaired) electrons. The first kappa shape index (κ1) is 15.7. The zero-order chi connectivity index (χ0) is 41.1. The maximum Gasteiger partial charge on any atom is 0.135 e. The molecule has 0 saturated heterocycles. The maximum absolute atomic E-state index is 9.25. The van der Waals surface area contributed by atoms with Gasteiger partial charge in [-0.2, -0.15) is 0 Å². The minimum absolute atomic E-state index is 0.0734. The van der Waals surface area contributed by atoms with E-state index < -0.39 is 84.1 Å². The molecule has 1 heterocycles. The van der Waals surface area contributed by atoms with Crippen LogP contribution in [0.5, 0.6) is 0 Å². The van der Waals surface area contributed by atoms with Gasteiger partial charge in [0.15, 0.2) is 0 Å². The second-order valence-electron chi connectivity index (χ2n) is 10.7. The summed E-state index contributed by atoms with van der Waals surface area (Å²) in [6.07, 6.45) is 0. The first-order valence-corrected chi connectivity index (χ1v) is 14.4. The molecule has 0 saturated carbocycles. The summed E-state index contributed by atoms with van der Waals surface area (Å²) in [5.74, 6) is 0. The molecule has 0 bridgehead atoms. The van der Waals surface area contributed by atoms with E-state index in [4.69, 9.17) is 16.8 Å². The monoisotopic (exact) mass is 585 g/mol. The summed E-state index contributed by atoms with van der Waals surface area (Å²) in [4.78, 5) is 0. The van der Waals surface area contributed by atoms with Crippen LogP contribution in [0.1, 0.15) is 17.8 Å². The Morgan fingerprint density at radius 1 is 0.333 bits per heavy atom. The Balaban J connectivity index is 1.39. The van der Waals surface area contributed by atoms with E-state index in [1.165, 1.54) is 0 Å². The van der Waals surface area contributed by atoms with Crippen molar-refractivity contribution in [2.75, 3.05) is 0 Å². The fourth-order valence-corrected chi connectivity index (χ4v) is 6.16. The van der Waals surface area contributed by atoms with Crippen molar-refractivity contribution in [1.82, 2.24) is 0 Å². The third-order valence-corrected chi connectivity index (χ3v) is 8.19. The van der Waals surface area contributed by atoms with E-state index in [1.54, 1.807) is 18.2 Å². The summed E-state index contributed by atoms with van der Waals surface area (Å²) < 4.78 is 121. The van der Waals surface area contributed by atoms with Gasteiger partial charge in [-0.05, 0) is 96.4 Å². The van der Waals surface area contributed by atoms with E-state index in [9.17, 15) is 5.48 Å². The summed E-state index contributed by atoms with van der Waals surface area (Å²) in [5, 5.41) is 1.00. The predicted molar refractivity (Wildman–Crippen MR) is 190 cm³/mol. The van der Waals surface area contributed by atoms with Crippen LogP contribution < -0.4 is 0 Å². The average molecular weight is 586 g/mol. The van der Waals surface area contributed by atoms with Crippen molar-refractivity contribution < 1.29 is 22.2 Å². The summed E-state index contributed by atoms with van der Waals surface area (Å²) in [6.45, 7) is 0. The Hall–Kier alpha value is -5.92. The fraction of sp³-hybridized carbons (Fsp3) is 0. The second kappa shape index (κ2) is 10.4. The van der Waals surface area contributed by atoms with Gasteiger partial charge in [-0.1, -0.05) is 139 Å². The molecule has 0 spiro atoms. The molecular weight excluding hydrogens is 544 g/mol. The van der Waals surface area contributed by atoms with Crippen LogP contribution in [0.25, 0.3) is 88.0 Å². The normalized spacial score (nSPS) is 15.6. The molecule has 0 fully saturated rings. The van der Waals surface area contributed by atoms with E-state index in [0.29, 0.717) is 22.3 Å². The van der Waals surface area contributed by atoms with Gasteiger partial charge >= 0.3 is 0 Å². The number of hydrogen-bond acceptors (Lipinski definition) is 1. The summed E-state index contributed by atoms with van der Waals surface area (Å²) >= 11 is 0. The molecule has 0 unspecified atom stereocenters. The van der Waals surface area contributed by atoms with Gasteiger partial charge in [0.1, 0.15) is 11.2 Å². The van der Waals surface area contributed by atoms with Crippen molar-refractivity contribution in [2.24, 2.45) is 0 Å². The van der Waals surface area contributed by atoms with Crippen LogP contribution in [0.3, 0.4) is 0 Å². The lowest BCUT2D eigenvalue weighted by Crippen LogP contribution is -1.91. The molecule has 0 amide bonds. The van der Waals surface area contributed by atoms with Crippen molar-refractivity contribution in [3.05, 3.63) is 170 Å². The third-order valence-electron chi connectivity index (χ3n) is 8.19. The molecule has 0 aliphatic rings. The van der Waals surface area contributed by atoms with Crippen LogP contribution in [0.4, 0.5) is 0 Å². The number of rotatable bonds is 4. The molecule has 9 rings (SSSR count). The van der Waals surface area contributed by atoms with Crippen LogP contribution in [0, 0.1) is 0 Å². The molecular formula is C44H28O. The molecule has 1 nitrogen and oxygen atoms in total. The van der Waals surface area contributed by atoms with E-state index in [0.717, 1.165) is 27.5 Å². The highest BCUT2D eigenvalue weighted by Gasteiger charge is 2.17. The Morgan fingerprint density at radius 2 is 0.800 bits per heavy atom. The Labute approximate surface area is 279 Å². The van der Waals surface area contributed by atoms with Gasteiger partial charge in [-0.3, -0.25) is 0 Å². The highest BCUT2D eigenvalue weighted by Crippen LogP contribution is 2.44. The van der Waals surface area contributed by atoms with Gasteiger partial charge in [-0.15, -0.1) is 0 Å². The van der Waals surface area contributed by atoms with Gasteiger partial charge in [0, 0.05) is 10.8 Å². The first-order chi connectivity index (χ1) is 27.7. The van der Waals surface area contributed by atoms with E-state index in [-0.39, 0.29) is 32.7 Å². The smallest absolute Gasteiger partial charge is 0.135 e. The van der Waals surface area contributed by atoms with Gasteiger partial charge in [0.25, 0.3) is 0 Å². The highest BCUT2D eigenvalue weighted by atomic mass is 16.3. The Morgan fingerprint density at radius 3 is 1.40 bits per heavy atom. The molecule has 1 heteroatoms. The largest absolute Gasteiger partial charge is 0.456 e. The molecule has 9 aromatic rings. The summed E-state index contributed by atoms with van der Waals surface area (Å²) in [7, 11) is 0. The van der Waals surface area contributed by atoms with Crippen LogP contribution >= 0.6 is 0 Å². The van der Waals surface area contributed by atoms with Gasteiger partial charge in [0.2, 0.25) is 0 Å². The molecule has 8 aromatic carbocycles. The SMILES string of the molecule is [2H]c1c([2H])c([2H])c(-c2c3c([2H])c([2H])c([2H])c([2H])c3c(-c3cccc(-c4ccc5oc6ccc(-c7ccccc7)cc6c5c4)c3)c3c([2H])c([2H])c([2H])c([2H])c23)c([2H])c1[2H]. The fourth-order valence-electron chi connectivity index (χ4n) is 6.16. The predicted octanol–water partition coefficient (Wildman–Crippen LogP) is 12.6. The topological polar surface area (TPSA) is 13.1 Å². The van der Waals surface area contributed by atoms with Crippen molar-refractivity contribution in [1.29, 1.82) is 0 Å². The number of furan rings is 1. The minimum Gasteiger partial charge on any atom is -0.456 e. The van der Waals surface area contributed by atoms with Gasteiger partial charge in [-0.25, -0.2) is 0 Å². The quantitative estimate of drug-likeness (QED) is 0.187. The van der Waals surface area contributed by atoms with Crippen molar-refractivity contribution in [3.8, 4) is 44.5 Å². The second-order valence-corrected chi connectivity index (χ2v) is 10.7. The lowest BCUT2D eigenvalue weighted by atomic mass is 9.85. The van der Waals surface area contributed by atoms with Gasteiger partial charge < -0.3 is 4.42 Å². The standard InChI is InChI=1S/C44H28O/c1-3-12-29(13-4-1)32-22-24-41-39(27-32)40-28-33(23-25-42(40)45-41)31-16-11-17-34(26-31)44-37-20-9-7-18-35(37)43(30-14-5-2-6-15-30)36-19-8-10-21-38(36)44/h1-28H/i2D,5D,6D,7D,8D,9D,10D,14D,15D,18D,19D,20D,21D. The van der Waals surface area contributed by atoms with Gasteiger partial charge in [0.05, 0.1) is 17.8 Å². The van der Waals surface area contributed by atoms with Crippen LogP contribution in [0.15, 0.2) is 174 Å². The minimum atomic E-state index is -0.714. The van der Waals surface area contributed by atoms with Crippen molar-refractivity contribution >= 4 is 43.5 Å². The Kier molecular flexibility index (Phi) is 3.62. The van der Waals surface area contributed by atoms with Crippen molar-refractivity contribution in [3.63, 3.8) is 0 Å². The molecule has 0 atom stereocenters. The van der Waals surface area contributed by atoms with E-state index in [2.05, 4.69) is 6.07 Å². The molecule has 0 aliphatic carbocycles. The zero-order valence-electron chi connectivity index (χ0n) is 36.6. The molecule has 1 aromatic heterocycles. The molecule has 0 N–H and O–H groups in total.